The maximum atomic E-state index is 6.84. The van der Waals surface area contributed by atoms with Crippen LogP contribution in [0.2, 0.25) is 0 Å². The molecule has 0 radical (unpaired) electrons. The Balaban J connectivity index is 1.26. The summed E-state index contributed by atoms with van der Waals surface area (Å²) in [5.74, 6) is 0. The van der Waals surface area contributed by atoms with Gasteiger partial charge in [-0.15, -0.1) is 0 Å². The molecule has 0 saturated carbocycles. The van der Waals surface area contributed by atoms with Crippen molar-refractivity contribution in [1.29, 1.82) is 0 Å². The summed E-state index contributed by atoms with van der Waals surface area (Å²) in [4.78, 5) is 0. The molecule has 216 valence electrons. The number of hydrogen-bond donors (Lipinski definition) is 0. The minimum Gasteiger partial charge on any atom is -0.455 e. The zero-order chi connectivity index (χ0) is 30.2. The third-order valence-electron chi connectivity index (χ3n) is 9.86. The predicted octanol–water partition coefficient (Wildman–Crippen LogP) is 12.4. The molecule has 0 saturated heterocycles. The van der Waals surface area contributed by atoms with Gasteiger partial charge in [0.2, 0.25) is 0 Å². The lowest BCUT2D eigenvalue weighted by atomic mass is 9.95. The van der Waals surface area contributed by atoms with Crippen LogP contribution in [-0.2, 0) is 0 Å². The highest BCUT2D eigenvalue weighted by molar-refractivity contribution is 6.16. The number of aromatic nitrogens is 1. The SMILES string of the molecule is C1=CCCC(c2cccc3c2oc2c(-c4ccc5c6ccccc6n(-c6cc7ccccc7c7ccccc67)c5c4)cccc23)=C1. The van der Waals surface area contributed by atoms with Crippen molar-refractivity contribution in [1.82, 2.24) is 4.57 Å². The van der Waals surface area contributed by atoms with Gasteiger partial charge in [0, 0.05) is 38.1 Å². The van der Waals surface area contributed by atoms with E-state index >= 15 is 0 Å². The second-order valence-electron chi connectivity index (χ2n) is 12.4. The van der Waals surface area contributed by atoms with E-state index in [1.54, 1.807) is 0 Å². The summed E-state index contributed by atoms with van der Waals surface area (Å²) in [5.41, 5.74) is 10.3. The van der Waals surface area contributed by atoms with Crippen molar-refractivity contribution in [2.24, 2.45) is 0 Å². The molecule has 0 fully saturated rings. The summed E-state index contributed by atoms with van der Waals surface area (Å²) in [5, 5.41) is 9.85. The van der Waals surface area contributed by atoms with Gasteiger partial charge in [0.25, 0.3) is 0 Å². The number of allylic oxidation sites excluding steroid dienone is 4. The van der Waals surface area contributed by atoms with Gasteiger partial charge in [0.05, 0.1) is 16.7 Å². The second-order valence-corrected chi connectivity index (χ2v) is 12.4. The Hall–Kier alpha value is -5.86. The van der Waals surface area contributed by atoms with Crippen LogP contribution in [0.1, 0.15) is 18.4 Å². The molecule has 10 rings (SSSR count). The topological polar surface area (TPSA) is 18.1 Å². The van der Waals surface area contributed by atoms with E-state index in [0.29, 0.717) is 0 Å². The number of benzene rings is 7. The summed E-state index contributed by atoms with van der Waals surface area (Å²) in [7, 11) is 0. The van der Waals surface area contributed by atoms with Crippen molar-refractivity contribution in [3.63, 3.8) is 0 Å². The highest BCUT2D eigenvalue weighted by atomic mass is 16.3. The minimum atomic E-state index is 0.940. The van der Waals surface area contributed by atoms with E-state index in [1.165, 1.54) is 65.6 Å². The van der Waals surface area contributed by atoms with Gasteiger partial charge in [0.15, 0.2) is 0 Å². The monoisotopic (exact) mass is 587 g/mol. The Bertz CT molecular complexity index is 2750. The van der Waals surface area contributed by atoms with Crippen molar-refractivity contribution in [3.8, 4) is 16.8 Å². The fourth-order valence-corrected chi connectivity index (χ4v) is 7.74. The summed E-state index contributed by atoms with van der Waals surface area (Å²) in [6.07, 6.45) is 8.73. The number of fused-ring (bicyclic) bond motifs is 9. The molecule has 2 nitrogen and oxygen atoms in total. The van der Waals surface area contributed by atoms with Gasteiger partial charge in [-0.2, -0.15) is 0 Å². The van der Waals surface area contributed by atoms with Gasteiger partial charge in [-0.3, -0.25) is 0 Å². The Morgan fingerprint density at radius 3 is 2.00 bits per heavy atom. The molecule has 2 heteroatoms. The van der Waals surface area contributed by atoms with E-state index in [-0.39, 0.29) is 0 Å². The van der Waals surface area contributed by atoms with Gasteiger partial charge in [-0.05, 0) is 58.3 Å². The zero-order valence-electron chi connectivity index (χ0n) is 25.2. The van der Waals surface area contributed by atoms with E-state index in [2.05, 4.69) is 156 Å². The van der Waals surface area contributed by atoms with Crippen molar-refractivity contribution in [3.05, 3.63) is 157 Å². The lowest BCUT2D eigenvalue weighted by Crippen LogP contribution is -1.96. The van der Waals surface area contributed by atoms with Crippen LogP contribution >= 0.6 is 0 Å². The molecule has 0 unspecified atom stereocenters. The maximum absolute atomic E-state index is 6.84. The highest BCUT2D eigenvalue weighted by Crippen LogP contribution is 2.42. The molecule has 0 aliphatic heterocycles. The number of furan rings is 1. The molecule has 0 atom stereocenters. The van der Waals surface area contributed by atoms with Crippen LogP contribution in [0.25, 0.3) is 87.7 Å². The number of nitrogens with zero attached hydrogens (tertiary/aromatic N) is 1. The van der Waals surface area contributed by atoms with Crippen LogP contribution in [0.15, 0.2) is 156 Å². The highest BCUT2D eigenvalue weighted by Gasteiger charge is 2.19. The van der Waals surface area contributed by atoms with Crippen LogP contribution in [0, 0.1) is 0 Å². The Morgan fingerprint density at radius 2 is 1.17 bits per heavy atom. The maximum Gasteiger partial charge on any atom is 0.143 e. The van der Waals surface area contributed by atoms with E-state index in [0.717, 1.165) is 40.5 Å². The number of rotatable bonds is 3. The minimum absolute atomic E-state index is 0.940. The van der Waals surface area contributed by atoms with Gasteiger partial charge in [0.1, 0.15) is 11.2 Å². The van der Waals surface area contributed by atoms with Gasteiger partial charge < -0.3 is 8.98 Å². The summed E-state index contributed by atoms with van der Waals surface area (Å²) in [6.45, 7) is 0. The molecule has 1 aliphatic carbocycles. The van der Waals surface area contributed by atoms with Crippen LogP contribution in [-0.4, -0.2) is 4.57 Å². The third kappa shape index (κ3) is 3.64. The smallest absolute Gasteiger partial charge is 0.143 e. The molecule has 0 N–H and O–H groups in total. The van der Waals surface area contributed by atoms with Crippen molar-refractivity contribution >= 4 is 70.9 Å². The lowest BCUT2D eigenvalue weighted by molar-refractivity contribution is 0.668. The van der Waals surface area contributed by atoms with E-state index < -0.39 is 0 Å². The molecule has 7 aromatic carbocycles. The molecule has 0 bridgehead atoms. The van der Waals surface area contributed by atoms with Crippen molar-refractivity contribution in [2.45, 2.75) is 12.8 Å². The molecule has 2 aromatic heterocycles. The first kappa shape index (κ1) is 25.5. The Kier molecular flexibility index (Phi) is 5.44. The first-order valence-corrected chi connectivity index (χ1v) is 16.1. The zero-order valence-corrected chi connectivity index (χ0v) is 25.2. The molecule has 1 aliphatic rings. The fourth-order valence-electron chi connectivity index (χ4n) is 7.74. The molecular formula is C44H29NO. The quantitative estimate of drug-likeness (QED) is 0.188. The van der Waals surface area contributed by atoms with Crippen LogP contribution < -0.4 is 0 Å². The van der Waals surface area contributed by atoms with Crippen LogP contribution in [0.5, 0.6) is 0 Å². The summed E-state index contributed by atoms with van der Waals surface area (Å²) in [6, 6.07) is 48.7. The largest absolute Gasteiger partial charge is 0.455 e. The van der Waals surface area contributed by atoms with Crippen molar-refractivity contribution in [2.75, 3.05) is 0 Å². The van der Waals surface area contributed by atoms with Crippen molar-refractivity contribution < 1.29 is 4.42 Å². The number of hydrogen-bond acceptors (Lipinski definition) is 1. The molecular weight excluding hydrogens is 558 g/mol. The summed E-state index contributed by atoms with van der Waals surface area (Å²) >= 11 is 0. The molecule has 0 spiro atoms. The van der Waals surface area contributed by atoms with Crippen LogP contribution in [0.3, 0.4) is 0 Å². The van der Waals surface area contributed by atoms with E-state index in [1.807, 2.05) is 0 Å². The standard InChI is InChI=1S/C44H29NO/c1-2-12-28(13-3-1)32-19-10-21-38-39-22-11-20-33(44(39)46-43(32)38)30-24-25-37-36-18-8-9-23-40(36)45(42(37)27-30)41-26-29-14-4-5-15-31(29)34-16-6-7-17-35(34)41/h1-2,4-12,14-27H,3,13H2. The Morgan fingerprint density at radius 1 is 0.500 bits per heavy atom. The third-order valence-corrected chi connectivity index (χ3v) is 9.86. The molecule has 2 heterocycles. The summed E-state index contributed by atoms with van der Waals surface area (Å²) < 4.78 is 9.30. The first-order valence-electron chi connectivity index (χ1n) is 16.1. The fraction of sp³-hybridized carbons (Fsp3) is 0.0455. The van der Waals surface area contributed by atoms with Crippen LogP contribution in [0.4, 0.5) is 0 Å². The van der Waals surface area contributed by atoms with Gasteiger partial charge in [-0.1, -0.05) is 133 Å². The van der Waals surface area contributed by atoms with E-state index in [4.69, 9.17) is 4.42 Å². The second kappa shape index (κ2) is 9.82. The Labute approximate surface area is 266 Å². The lowest BCUT2D eigenvalue weighted by Gasteiger charge is -2.14. The molecule has 46 heavy (non-hydrogen) atoms. The normalized spacial score (nSPS) is 13.5. The van der Waals surface area contributed by atoms with E-state index in [9.17, 15) is 0 Å². The number of para-hydroxylation sites is 3. The van der Waals surface area contributed by atoms with Gasteiger partial charge in [-0.25, -0.2) is 0 Å². The average molecular weight is 588 g/mol. The predicted molar refractivity (Wildman–Crippen MR) is 195 cm³/mol. The first-order chi connectivity index (χ1) is 22.8. The van der Waals surface area contributed by atoms with Gasteiger partial charge >= 0.3 is 0 Å². The molecule has 9 aromatic rings. The average Bonchev–Trinajstić information content (AvgIpc) is 3.67. The molecule has 0 amide bonds.